The van der Waals surface area contributed by atoms with E-state index in [1.807, 2.05) is 37.3 Å². The Hall–Kier alpha value is -1.46. The number of aliphatic hydroxyl groups excluding tert-OH is 2. The molecule has 0 spiro atoms. The van der Waals surface area contributed by atoms with Crippen LogP contribution in [0.3, 0.4) is 0 Å². The lowest BCUT2D eigenvalue weighted by Gasteiger charge is -2.42. The minimum absolute atomic E-state index is 0.127. The normalized spacial score (nSPS) is 27.2. The Morgan fingerprint density at radius 1 is 1.36 bits per heavy atom. The number of benzene rings is 1. The third-order valence-corrected chi connectivity index (χ3v) is 4.84. The van der Waals surface area contributed by atoms with Crippen molar-refractivity contribution in [3.8, 4) is 0 Å². The molecule has 25 heavy (non-hydrogen) atoms. The minimum Gasteiger partial charge on any atom is -0.389 e. The Morgan fingerprint density at radius 3 is 2.64 bits per heavy atom. The van der Waals surface area contributed by atoms with Crippen LogP contribution in [0.2, 0.25) is 0 Å². The fraction of sp³-hybridized carbons (Fsp3) is 0.524. The Balaban J connectivity index is 2.12. The summed E-state index contributed by atoms with van der Waals surface area (Å²) in [5.74, 6) is 0. The zero-order chi connectivity index (χ0) is 18.4. The van der Waals surface area contributed by atoms with E-state index in [1.54, 1.807) is 6.08 Å². The molecule has 2 N–H and O–H groups in total. The maximum absolute atomic E-state index is 11.0. The molecule has 0 amide bonds. The highest BCUT2D eigenvalue weighted by atomic mass is 16.7. The van der Waals surface area contributed by atoms with Gasteiger partial charge in [0.25, 0.3) is 0 Å². The highest BCUT2D eigenvalue weighted by molar-refractivity contribution is 5.16. The van der Waals surface area contributed by atoms with Crippen LogP contribution in [0.4, 0.5) is 0 Å². The molecule has 0 saturated carbocycles. The van der Waals surface area contributed by atoms with Crippen LogP contribution in [0.25, 0.3) is 0 Å². The molecule has 138 valence electrons. The Bertz CT molecular complexity index is 579. The number of aliphatic hydroxyl groups is 2. The summed E-state index contributed by atoms with van der Waals surface area (Å²) in [6, 6.07) is 9.56. The molecule has 0 unspecified atom stereocenters. The van der Waals surface area contributed by atoms with E-state index in [1.165, 1.54) is 5.57 Å². The van der Waals surface area contributed by atoms with Gasteiger partial charge in [0, 0.05) is 11.0 Å². The van der Waals surface area contributed by atoms with Gasteiger partial charge in [-0.2, -0.15) is 0 Å². The van der Waals surface area contributed by atoms with Crippen molar-refractivity contribution in [3.05, 3.63) is 60.2 Å². The van der Waals surface area contributed by atoms with E-state index in [0.29, 0.717) is 0 Å². The smallest absolute Gasteiger partial charge is 0.184 e. The van der Waals surface area contributed by atoms with Crippen molar-refractivity contribution in [2.75, 3.05) is 6.61 Å². The van der Waals surface area contributed by atoms with Crippen molar-refractivity contribution in [2.24, 2.45) is 5.41 Å². The first-order valence-corrected chi connectivity index (χ1v) is 8.82. The van der Waals surface area contributed by atoms with Gasteiger partial charge in [-0.15, -0.1) is 6.58 Å². The molecule has 5 atom stereocenters. The van der Waals surface area contributed by atoms with E-state index >= 15 is 0 Å². The molecule has 2 rings (SSSR count). The Kier molecular flexibility index (Phi) is 6.96. The van der Waals surface area contributed by atoms with Gasteiger partial charge in [0.2, 0.25) is 0 Å². The van der Waals surface area contributed by atoms with E-state index in [-0.39, 0.29) is 6.61 Å². The third-order valence-electron chi connectivity index (χ3n) is 4.84. The zero-order valence-electron chi connectivity index (χ0n) is 15.4. The number of allylic oxidation sites excluding steroid dienone is 2. The van der Waals surface area contributed by atoms with Crippen LogP contribution in [0.1, 0.15) is 45.5 Å². The van der Waals surface area contributed by atoms with E-state index in [9.17, 15) is 10.2 Å². The molecule has 0 aromatic heterocycles. The molecule has 1 fully saturated rings. The molecule has 4 heteroatoms. The second kappa shape index (κ2) is 8.77. The van der Waals surface area contributed by atoms with Crippen LogP contribution < -0.4 is 0 Å². The maximum atomic E-state index is 11.0. The van der Waals surface area contributed by atoms with Gasteiger partial charge in [-0.1, -0.05) is 55.0 Å². The average Bonchev–Trinajstić information content (AvgIpc) is 2.61. The summed E-state index contributed by atoms with van der Waals surface area (Å²) in [6.45, 7) is 10.1. The van der Waals surface area contributed by atoms with Crippen molar-refractivity contribution in [3.63, 3.8) is 0 Å². The van der Waals surface area contributed by atoms with Gasteiger partial charge in [0.1, 0.15) is 12.2 Å². The Labute approximate surface area is 150 Å². The van der Waals surface area contributed by atoms with Gasteiger partial charge >= 0.3 is 0 Å². The Morgan fingerprint density at radius 2 is 2.04 bits per heavy atom. The minimum atomic E-state index is -0.877. The quantitative estimate of drug-likeness (QED) is 0.738. The van der Waals surface area contributed by atoms with Crippen molar-refractivity contribution in [2.45, 2.75) is 58.2 Å². The molecule has 1 heterocycles. The molecule has 1 aliphatic rings. The maximum Gasteiger partial charge on any atom is 0.184 e. The average molecular weight is 346 g/mol. The van der Waals surface area contributed by atoms with Crippen LogP contribution in [0.15, 0.2) is 54.6 Å². The molecule has 1 aromatic rings. The fourth-order valence-corrected chi connectivity index (χ4v) is 3.04. The molecule has 4 nitrogen and oxygen atoms in total. The molecule has 1 aromatic carbocycles. The van der Waals surface area contributed by atoms with Gasteiger partial charge in [-0.25, -0.2) is 0 Å². The van der Waals surface area contributed by atoms with Crippen molar-refractivity contribution in [1.29, 1.82) is 0 Å². The molecule has 1 aliphatic heterocycles. The van der Waals surface area contributed by atoms with E-state index in [2.05, 4.69) is 26.5 Å². The molecular weight excluding hydrogens is 316 g/mol. The largest absolute Gasteiger partial charge is 0.389 e. The lowest BCUT2D eigenvalue weighted by Crippen LogP contribution is -2.52. The predicted molar refractivity (Wildman–Crippen MR) is 99.0 cm³/mol. The summed E-state index contributed by atoms with van der Waals surface area (Å²) >= 11 is 0. The molecule has 0 radical (unpaired) electrons. The second-order valence-electron chi connectivity index (χ2n) is 7.22. The van der Waals surface area contributed by atoms with Gasteiger partial charge in [0.05, 0.1) is 12.7 Å². The standard InChI is InChI=1S/C21H30O4/c1-5-21(4,13-9-10-15(2)3)19(23)18-17(22)14-24-20(25-18)16-11-7-6-8-12-16/h5-8,10-12,17-20,22-23H,1,9,13-14H2,2-4H3/t17-,18+,19+,20+,21-/m1/s1. The van der Waals surface area contributed by atoms with Crippen LogP contribution in [-0.2, 0) is 9.47 Å². The SMILES string of the molecule is C=C[C@](C)(CCC=C(C)C)[C@@H](O)[C@H]1O[C@@H](c2ccccc2)OC[C@H]1O. The van der Waals surface area contributed by atoms with Crippen LogP contribution in [0.5, 0.6) is 0 Å². The summed E-state index contributed by atoms with van der Waals surface area (Å²) in [5, 5.41) is 21.3. The third kappa shape index (κ3) is 5.02. The number of hydrogen-bond acceptors (Lipinski definition) is 4. The topological polar surface area (TPSA) is 58.9 Å². The second-order valence-corrected chi connectivity index (χ2v) is 7.22. The molecule has 1 saturated heterocycles. The summed E-state index contributed by atoms with van der Waals surface area (Å²) in [6.07, 6.45) is 2.40. The number of hydrogen-bond donors (Lipinski definition) is 2. The van der Waals surface area contributed by atoms with Crippen LogP contribution in [-0.4, -0.2) is 35.1 Å². The van der Waals surface area contributed by atoms with Crippen LogP contribution >= 0.6 is 0 Å². The van der Waals surface area contributed by atoms with E-state index < -0.39 is 30.0 Å². The first-order chi connectivity index (χ1) is 11.9. The van der Waals surface area contributed by atoms with Gasteiger partial charge in [-0.3, -0.25) is 0 Å². The van der Waals surface area contributed by atoms with Crippen LogP contribution in [0, 0.1) is 5.41 Å². The highest BCUT2D eigenvalue weighted by Crippen LogP contribution is 2.37. The first kappa shape index (κ1) is 19.9. The number of ether oxygens (including phenoxy) is 2. The van der Waals surface area contributed by atoms with E-state index in [4.69, 9.17) is 9.47 Å². The monoisotopic (exact) mass is 346 g/mol. The summed E-state index contributed by atoms with van der Waals surface area (Å²) in [5.41, 5.74) is 1.56. The zero-order valence-corrected chi connectivity index (χ0v) is 15.4. The predicted octanol–water partition coefficient (Wildman–Crippen LogP) is 3.76. The molecular formula is C21H30O4. The lowest BCUT2D eigenvalue weighted by molar-refractivity contribution is -0.283. The lowest BCUT2D eigenvalue weighted by atomic mass is 9.76. The summed E-state index contributed by atoms with van der Waals surface area (Å²) < 4.78 is 11.5. The van der Waals surface area contributed by atoms with Crippen molar-refractivity contribution < 1.29 is 19.7 Å². The molecule has 0 bridgehead atoms. The number of rotatable bonds is 7. The molecule has 0 aliphatic carbocycles. The fourth-order valence-electron chi connectivity index (χ4n) is 3.04. The van der Waals surface area contributed by atoms with Crippen molar-refractivity contribution in [1.82, 2.24) is 0 Å². The summed E-state index contributed by atoms with van der Waals surface area (Å²) in [7, 11) is 0. The van der Waals surface area contributed by atoms with Crippen molar-refractivity contribution >= 4 is 0 Å². The first-order valence-electron chi connectivity index (χ1n) is 8.82. The van der Waals surface area contributed by atoms with Gasteiger partial charge in [0.15, 0.2) is 6.29 Å². The highest BCUT2D eigenvalue weighted by Gasteiger charge is 2.43. The van der Waals surface area contributed by atoms with E-state index in [0.717, 1.165) is 18.4 Å². The van der Waals surface area contributed by atoms with Gasteiger partial charge < -0.3 is 19.7 Å². The summed E-state index contributed by atoms with van der Waals surface area (Å²) in [4.78, 5) is 0. The van der Waals surface area contributed by atoms with Gasteiger partial charge in [-0.05, 0) is 26.7 Å².